The highest BCUT2D eigenvalue weighted by atomic mass is 15.3. The van der Waals surface area contributed by atoms with E-state index in [-0.39, 0.29) is 0 Å². The van der Waals surface area contributed by atoms with Gasteiger partial charge in [-0.05, 0) is 13.0 Å². The Labute approximate surface area is 57.2 Å². The van der Waals surface area contributed by atoms with Crippen LogP contribution in [0.4, 0.5) is 0 Å². The SMILES string of the molecule is CC(C)[C@@H]1CN(C)CN1. The number of rotatable bonds is 1. The summed E-state index contributed by atoms with van der Waals surface area (Å²) in [6.45, 7) is 6.79. The lowest BCUT2D eigenvalue weighted by molar-refractivity contribution is 0.392. The summed E-state index contributed by atoms with van der Waals surface area (Å²) < 4.78 is 0. The van der Waals surface area contributed by atoms with Crippen LogP contribution in [-0.2, 0) is 0 Å². The Morgan fingerprint density at radius 3 is 2.44 bits per heavy atom. The highest BCUT2D eigenvalue weighted by molar-refractivity contribution is 4.78. The van der Waals surface area contributed by atoms with Crippen LogP contribution < -0.4 is 5.32 Å². The van der Waals surface area contributed by atoms with E-state index >= 15 is 0 Å². The maximum absolute atomic E-state index is 3.43. The topological polar surface area (TPSA) is 15.3 Å². The fourth-order valence-electron chi connectivity index (χ4n) is 1.18. The zero-order valence-electron chi connectivity index (χ0n) is 6.52. The normalized spacial score (nSPS) is 30.0. The van der Waals surface area contributed by atoms with E-state index in [0.29, 0.717) is 0 Å². The molecule has 0 bridgehead atoms. The average molecular weight is 128 g/mol. The molecule has 1 aliphatic rings. The van der Waals surface area contributed by atoms with Crippen LogP contribution in [-0.4, -0.2) is 31.2 Å². The van der Waals surface area contributed by atoms with Crippen molar-refractivity contribution in [2.24, 2.45) is 5.92 Å². The molecule has 0 saturated carbocycles. The van der Waals surface area contributed by atoms with E-state index in [0.717, 1.165) is 18.6 Å². The van der Waals surface area contributed by atoms with Gasteiger partial charge in [-0.3, -0.25) is 10.2 Å². The van der Waals surface area contributed by atoms with Crippen molar-refractivity contribution in [1.29, 1.82) is 0 Å². The van der Waals surface area contributed by atoms with Gasteiger partial charge in [0.25, 0.3) is 0 Å². The van der Waals surface area contributed by atoms with E-state index in [1.54, 1.807) is 0 Å². The van der Waals surface area contributed by atoms with Gasteiger partial charge in [-0.25, -0.2) is 0 Å². The Morgan fingerprint density at radius 2 is 2.22 bits per heavy atom. The smallest absolute Gasteiger partial charge is 0.0480 e. The molecule has 0 aromatic rings. The number of hydrogen-bond acceptors (Lipinski definition) is 2. The lowest BCUT2D eigenvalue weighted by Crippen LogP contribution is -2.29. The first-order chi connectivity index (χ1) is 4.20. The summed E-state index contributed by atoms with van der Waals surface area (Å²) in [7, 11) is 2.15. The van der Waals surface area contributed by atoms with Crippen LogP contribution in [0.3, 0.4) is 0 Å². The molecule has 1 N–H and O–H groups in total. The lowest BCUT2D eigenvalue weighted by Gasteiger charge is -2.12. The molecule has 0 aliphatic carbocycles. The molecule has 0 spiro atoms. The second-order valence-electron chi connectivity index (χ2n) is 3.25. The Bertz CT molecular complexity index is 90.9. The maximum Gasteiger partial charge on any atom is 0.0480 e. The van der Waals surface area contributed by atoms with Crippen molar-refractivity contribution < 1.29 is 0 Å². The van der Waals surface area contributed by atoms with Gasteiger partial charge < -0.3 is 0 Å². The molecule has 0 aromatic carbocycles. The van der Waals surface area contributed by atoms with Crippen molar-refractivity contribution in [1.82, 2.24) is 10.2 Å². The van der Waals surface area contributed by atoms with Crippen LogP contribution in [0.15, 0.2) is 0 Å². The van der Waals surface area contributed by atoms with Gasteiger partial charge in [0.05, 0.1) is 0 Å². The average Bonchev–Trinajstić information content (AvgIpc) is 2.14. The van der Waals surface area contributed by atoms with Crippen molar-refractivity contribution in [2.45, 2.75) is 19.9 Å². The molecule has 1 aliphatic heterocycles. The molecule has 1 rings (SSSR count). The quantitative estimate of drug-likeness (QED) is 0.553. The van der Waals surface area contributed by atoms with Gasteiger partial charge in [0.2, 0.25) is 0 Å². The molecule has 54 valence electrons. The van der Waals surface area contributed by atoms with Gasteiger partial charge in [-0.1, -0.05) is 13.8 Å². The van der Waals surface area contributed by atoms with E-state index in [4.69, 9.17) is 0 Å². The minimum Gasteiger partial charge on any atom is -0.300 e. The Morgan fingerprint density at radius 1 is 1.56 bits per heavy atom. The second-order valence-corrected chi connectivity index (χ2v) is 3.25. The predicted octanol–water partition coefficient (Wildman–Crippen LogP) is 0.504. The van der Waals surface area contributed by atoms with Crippen molar-refractivity contribution in [2.75, 3.05) is 20.3 Å². The van der Waals surface area contributed by atoms with Crippen LogP contribution in [0.25, 0.3) is 0 Å². The minimum absolute atomic E-state index is 0.718. The summed E-state index contributed by atoms with van der Waals surface area (Å²) in [6, 6.07) is 0.718. The van der Waals surface area contributed by atoms with E-state index in [2.05, 4.69) is 31.1 Å². The van der Waals surface area contributed by atoms with Gasteiger partial charge in [0, 0.05) is 19.3 Å². The number of hydrogen-bond donors (Lipinski definition) is 1. The largest absolute Gasteiger partial charge is 0.300 e. The summed E-state index contributed by atoms with van der Waals surface area (Å²) in [6.07, 6.45) is 0. The zero-order chi connectivity index (χ0) is 6.85. The van der Waals surface area contributed by atoms with E-state index in [1.807, 2.05) is 0 Å². The minimum atomic E-state index is 0.718. The van der Waals surface area contributed by atoms with Crippen molar-refractivity contribution in [3.8, 4) is 0 Å². The molecule has 1 atom stereocenters. The molecule has 0 amide bonds. The van der Waals surface area contributed by atoms with Crippen molar-refractivity contribution >= 4 is 0 Å². The van der Waals surface area contributed by atoms with Gasteiger partial charge >= 0.3 is 0 Å². The van der Waals surface area contributed by atoms with Gasteiger partial charge in [-0.15, -0.1) is 0 Å². The van der Waals surface area contributed by atoms with Crippen molar-refractivity contribution in [3.63, 3.8) is 0 Å². The number of nitrogens with one attached hydrogen (secondary N) is 1. The molecular formula is C7H16N2. The first kappa shape index (κ1) is 7.03. The third-order valence-electron chi connectivity index (χ3n) is 1.94. The van der Waals surface area contributed by atoms with Crippen LogP contribution in [0.1, 0.15) is 13.8 Å². The van der Waals surface area contributed by atoms with Crippen LogP contribution >= 0.6 is 0 Å². The Kier molecular flexibility index (Phi) is 2.09. The summed E-state index contributed by atoms with van der Waals surface area (Å²) in [5.41, 5.74) is 0. The summed E-state index contributed by atoms with van der Waals surface area (Å²) in [5.74, 6) is 0.773. The van der Waals surface area contributed by atoms with Gasteiger partial charge in [0.15, 0.2) is 0 Å². The van der Waals surface area contributed by atoms with E-state index < -0.39 is 0 Å². The molecular weight excluding hydrogens is 112 g/mol. The van der Waals surface area contributed by atoms with Crippen LogP contribution in [0, 0.1) is 5.92 Å². The fourth-order valence-corrected chi connectivity index (χ4v) is 1.18. The zero-order valence-corrected chi connectivity index (χ0v) is 6.52. The lowest BCUT2D eigenvalue weighted by atomic mass is 10.1. The maximum atomic E-state index is 3.43. The third kappa shape index (κ3) is 1.66. The van der Waals surface area contributed by atoms with E-state index in [1.165, 1.54) is 6.54 Å². The molecule has 1 heterocycles. The fraction of sp³-hybridized carbons (Fsp3) is 1.00. The Hall–Kier alpha value is -0.0800. The number of nitrogens with zero attached hydrogens (tertiary/aromatic N) is 1. The van der Waals surface area contributed by atoms with Gasteiger partial charge in [0.1, 0.15) is 0 Å². The highest BCUT2D eigenvalue weighted by Crippen LogP contribution is 2.07. The first-order valence-electron chi connectivity index (χ1n) is 3.62. The van der Waals surface area contributed by atoms with Crippen LogP contribution in [0.2, 0.25) is 0 Å². The Balaban J connectivity index is 2.30. The standard InChI is InChI=1S/C7H16N2/c1-6(2)7-4-9(3)5-8-7/h6-8H,4-5H2,1-3H3/t7-/m0/s1. The molecule has 2 heteroatoms. The van der Waals surface area contributed by atoms with Gasteiger partial charge in [-0.2, -0.15) is 0 Å². The van der Waals surface area contributed by atoms with Crippen LogP contribution in [0.5, 0.6) is 0 Å². The third-order valence-corrected chi connectivity index (χ3v) is 1.94. The summed E-state index contributed by atoms with van der Waals surface area (Å²) in [4.78, 5) is 2.31. The molecule has 9 heavy (non-hydrogen) atoms. The molecule has 2 nitrogen and oxygen atoms in total. The summed E-state index contributed by atoms with van der Waals surface area (Å²) in [5, 5.41) is 3.43. The molecule has 0 aromatic heterocycles. The molecule has 0 unspecified atom stereocenters. The molecule has 1 fully saturated rings. The predicted molar refractivity (Wildman–Crippen MR) is 39.3 cm³/mol. The molecule has 1 saturated heterocycles. The second kappa shape index (κ2) is 2.67. The number of likely N-dealkylation sites (N-methyl/N-ethyl adjacent to an activating group) is 1. The van der Waals surface area contributed by atoms with E-state index in [9.17, 15) is 0 Å². The summed E-state index contributed by atoms with van der Waals surface area (Å²) >= 11 is 0. The van der Waals surface area contributed by atoms with Crippen molar-refractivity contribution in [3.05, 3.63) is 0 Å². The highest BCUT2D eigenvalue weighted by Gasteiger charge is 2.20. The molecule has 0 radical (unpaired) electrons. The monoisotopic (exact) mass is 128 g/mol. The first-order valence-corrected chi connectivity index (χ1v) is 3.62.